The lowest BCUT2D eigenvalue weighted by Gasteiger charge is -2.20. The summed E-state index contributed by atoms with van der Waals surface area (Å²) in [7, 11) is 1.59. The summed E-state index contributed by atoms with van der Waals surface area (Å²) in [6.07, 6.45) is 0. The summed E-state index contributed by atoms with van der Waals surface area (Å²) in [5.41, 5.74) is 4.73. The van der Waals surface area contributed by atoms with Gasteiger partial charge < -0.3 is 14.6 Å². The van der Waals surface area contributed by atoms with Gasteiger partial charge in [0, 0.05) is 5.56 Å². The summed E-state index contributed by atoms with van der Waals surface area (Å²) in [6.45, 7) is 8.48. The molecule has 5 nitrogen and oxygen atoms in total. The number of imidazole rings is 1. The van der Waals surface area contributed by atoms with Gasteiger partial charge in [-0.2, -0.15) is 0 Å². The minimum absolute atomic E-state index is 0.0700. The number of hydrogen-bond acceptors (Lipinski definition) is 3. The number of amides is 1. The van der Waals surface area contributed by atoms with E-state index in [1.54, 1.807) is 7.11 Å². The number of rotatable bonds is 5. The summed E-state index contributed by atoms with van der Waals surface area (Å²) < 4.78 is 7.39. The third kappa shape index (κ3) is 4.11. The highest BCUT2D eigenvalue weighted by atomic mass is 16.5. The standard InChI is InChI=1S/C27H29N3O2/c1-18(26(31)29-22-11-7-9-13-24(22)32-5)30-23-12-8-6-10-21(23)28-25(30)19-14-16-20(17-15-19)27(2,3)4/h6-18H,1-5H3,(H,29,31). The van der Waals surface area contributed by atoms with Crippen LogP contribution in [0.4, 0.5) is 5.69 Å². The molecule has 0 fully saturated rings. The van der Waals surface area contributed by atoms with Crippen molar-refractivity contribution in [3.05, 3.63) is 78.4 Å². The fourth-order valence-corrected chi connectivity index (χ4v) is 3.86. The van der Waals surface area contributed by atoms with Gasteiger partial charge in [0.2, 0.25) is 5.91 Å². The molecule has 32 heavy (non-hydrogen) atoms. The third-order valence-electron chi connectivity index (χ3n) is 5.74. The van der Waals surface area contributed by atoms with E-state index in [2.05, 4.69) is 50.4 Å². The lowest BCUT2D eigenvalue weighted by Crippen LogP contribution is -2.24. The molecule has 4 rings (SSSR count). The summed E-state index contributed by atoms with van der Waals surface area (Å²) in [4.78, 5) is 18.2. The third-order valence-corrected chi connectivity index (χ3v) is 5.74. The molecule has 0 aliphatic carbocycles. The van der Waals surface area contributed by atoms with Crippen molar-refractivity contribution in [2.75, 3.05) is 12.4 Å². The molecule has 1 atom stereocenters. The number of ether oxygens (including phenoxy) is 1. The van der Waals surface area contributed by atoms with E-state index in [1.807, 2.05) is 60.0 Å². The molecule has 164 valence electrons. The maximum Gasteiger partial charge on any atom is 0.247 e. The molecule has 0 aliphatic heterocycles. The number of para-hydroxylation sites is 4. The maximum absolute atomic E-state index is 13.3. The lowest BCUT2D eigenvalue weighted by molar-refractivity contribution is -0.118. The number of nitrogens with one attached hydrogen (secondary N) is 1. The second-order valence-electron chi connectivity index (χ2n) is 8.99. The van der Waals surface area contributed by atoms with Crippen molar-refractivity contribution in [2.45, 2.75) is 39.2 Å². The van der Waals surface area contributed by atoms with Gasteiger partial charge in [-0.25, -0.2) is 4.98 Å². The molecule has 1 N–H and O–H groups in total. The van der Waals surface area contributed by atoms with E-state index in [0.29, 0.717) is 11.4 Å². The zero-order valence-corrected chi connectivity index (χ0v) is 19.2. The van der Waals surface area contributed by atoms with Gasteiger partial charge in [0.15, 0.2) is 0 Å². The number of aromatic nitrogens is 2. The number of fused-ring (bicyclic) bond motifs is 1. The summed E-state index contributed by atoms with van der Waals surface area (Å²) >= 11 is 0. The van der Waals surface area contributed by atoms with Gasteiger partial charge in [-0.05, 0) is 42.2 Å². The molecule has 0 saturated heterocycles. The fraction of sp³-hybridized carbons (Fsp3) is 0.259. The Hall–Kier alpha value is -3.60. The van der Waals surface area contributed by atoms with Crippen molar-refractivity contribution in [3.63, 3.8) is 0 Å². The Morgan fingerprint density at radius 1 is 0.969 bits per heavy atom. The van der Waals surface area contributed by atoms with Crippen molar-refractivity contribution in [3.8, 4) is 17.1 Å². The second-order valence-corrected chi connectivity index (χ2v) is 8.99. The van der Waals surface area contributed by atoms with Crippen LogP contribution in [-0.4, -0.2) is 22.6 Å². The molecule has 1 heterocycles. The first-order valence-corrected chi connectivity index (χ1v) is 10.8. The van der Waals surface area contributed by atoms with Crippen LogP contribution in [0.5, 0.6) is 5.75 Å². The molecule has 1 aromatic heterocycles. The van der Waals surface area contributed by atoms with Crippen LogP contribution in [0.1, 0.15) is 39.3 Å². The van der Waals surface area contributed by atoms with Crippen molar-refractivity contribution >= 4 is 22.6 Å². The molecule has 0 bridgehead atoms. The Balaban J connectivity index is 1.75. The van der Waals surface area contributed by atoms with Crippen molar-refractivity contribution in [1.82, 2.24) is 9.55 Å². The number of hydrogen-bond donors (Lipinski definition) is 1. The highest BCUT2D eigenvalue weighted by Crippen LogP contribution is 2.32. The van der Waals surface area contributed by atoms with E-state index in [0.717, 1.165) is 22.4 Å². The van der Waals surface area contributed by atoms with Gasteiger partial charge in [0.05, 0.1) is 23.8 Å². The number of anilines is 1. The molecule has 5 heteroatoms. The van der Waals surface area contributed by atoms with E-state index in [-0.39, 0.29) is 11.3 Å². The SMILES string of the molecule is COc1ccccc1NC(=O)C(C)n1c(-c2ccc(C(C)(C)C)cc2)nc2ccccc21. The Bertz CT molecular complexity index is 1250. The summed E-state index contributed by atoms with van der Waals surface area (Å²) in [5, 5.41) is 3.01. The van der Waals surface area contributed by atoms with Crippen molar-refractivity contribution in [2.24, 2.45) is 0 Å². The average Bonchev–Trinajstić information content (AvgIpc) is 3.18. The Labute approximate surface area is 189 Å². The first-order chi connectivity index (χ1) is 15.3. The fourth-order valence-electron chi connectivity index (χ4n) is 3.86. The molecule has 4 aromatic rings. The highest BCUT2D eigenvalue weighted by molar-refractivity contribution is 5.96. The number of carbonyl (C=O) groups excluding carboxylic acids is 1. The molecule has 1 amide bonds. The van der Waals surface area contributed by atoms with Crippen molar-refractivity contribution < 1.29 is 9.53 Å². The normalized spacial score (nSPS) is 12.5. The largest absolute Gasteiger partial charge is 0.495 e. The second kappa shape index (κ2) is 8.50. The predicted octanol–water partition coefficient (Wildman–Crippen LogP) is 6.21. The molecule has 0 radical (unpaired) electrons. The number of nitrogens with zero attached hydrogens (tertiary/aromatic N) is 2. The molecule has 0 saturated carbocycles. The van der Waals surface area contributed by atoms with Gasteiger partial charge in [0.1, 0.15) is 17.6 Å². The van der Waals surface area contributed by atoms with Gasteiger partial charge in [-0.3, -0.25) is 4.79 Å². The van der Waals surface area contributed by atoms with Crippen LogP contribution >= 0.6 is 0 Å². The van der Waals surface area contributed by atoms with Gasteiger partial charge in [-0.15, -0.1) is 0 Å². The molecular weight excluding hydrogens is 398 g/mol. The minimum atomic E-state index is -0.482. The van der Waals surface area contributed by atoms with Crippen LogP contribution in [0.15, 0.2) is 72.8 Å². The summed E-state index contributed by atoms with van der Waals surface area (Å²) in [6, 6.07) is 23.3. The van der Waals surface area contributed by atoms with E-state index in [1.165, 1.54) is 5.56 Å². The smallest absolute Gasteiger partial charge is 0.247 e. The average molecular weight is 428 g/mol. The van der Waals surface area contributed by atoms with Crippen LogP contribution < -0.4 is 10.1 Å². The maximum atomic E-state index is 13.3. The molecular formula is C27H29N3O2. The van der Waals surface area contributed by atoms with E-state index < -0.39 is 6.04 Å². The quantitative estimate of drug-likeness (QED) is 0.412. The van der Waals surface area contributed by atoms with Crippen LogP contribution in [0.3, 0.4) is 0 Å². The van der Waals surface area contributed by atoms with Crippen LogP contribution in [0, 0.1) is 0 Å². The first-order valence-electron chi connectivity index (χ1n) is 10.8. The predicted molar refractivity (Wildman–Crippen MR) is 130 cm³/mol. The van der Waals surface area contributed by atoms with Crippen molar-refractivity contribution in [1.29, 1.82) is 0 Å². The Morgan fingerprint density at radius 3 is 2.31 bits per heavy atom. The number of carbonyl (C=O) groups is 1. The van der Waals surface area contributed by atoms with Gasteiger partial charge in [-0.1, -0.05) is 69.3 Å². The van der Waals surface area contributed by atoms with E-state index in [9.17, 15) is 4.79 Å². The van der Waals surface area contributed by atoms with Gasteiger partial charge in [0.25, 0.3) is 0 Å². The van der Waals surface area contributed by atoms with Gasteiger partial charge >= 0.3 is 0 Å². The topological polar surface area (TPSA) is 56.1 Å². The Morgan fingerprint density at radius 2 is 1.62 bits per heavy atom. The number of methoxy groups -OCH3 is 1. The summed E-state index contributed by atoms with van der Waals surface area (Å²) in [5.74, 6) is 1.26. The monoisotopic (exact) mass is 427 g/mol. The van der Waals surface area contributed by atoms with E-state index in [4.69, 9.17) is 9.72 Å². The Kier molecular flexibility index (Phi) is 5.74. The lowest BCUT2D eigenvalue weighted by atomic mass is 9.86. The van der Waals surface area contributed by atoms with Crippen LogP contribution in [0.25, 0.3) is 22.4 Å². The molecule has 0 spiro atoms. The molecule has 1 unspecified atom stereocenters. The zero-order valence-electron chi connectivity index (χ0n) is 19.2. The molecule has 0 aliphatic rings. The highest BCUT2D eigenvalue weighted by Gasteiger charge is 2.23. The molecule has 3 aromatic carbocycles. The zero-order chi connectivity index (χ0) is 22.9. The minimum Gasteiger partial charge on any atom is -0.495 e. The van der Waals surface area contributed by atoms with E-state index >= 15 is 0 Å². The first kappa shape index (κ1) is 21.6. The van der Waals surface area contributed by atoms with Crippen LogP contribution in [-0.2, 0) is 10.2 Å². The number of benzene rings is 3. The van der Waals surface area contributed by atoms with Crippen LogP contribution in [0.2, 0.25) is 0 Å².